The van der Waals surface area contributed by atoms with Gasteiger partial charge in [-0.1, -0.05) is 6.92 Å². The molecule has 0 spiro atoms. The van der Waals surface area contributed by atoms with Gasteiger partial charge in [-0.2, -0.15) is 5.10 Å². The van der Waals surface area contributed by atoms with Gasteiger partial charge in [0.2, 0.25) is 0 Å². The lowest BCUT2D eigenvalue weighted by Gasteiger charge is -2.00. The number of nitrogens with zero attached hydrogens (tertiary/aromatic N) is 1. The predicted molar refractivity (Wildman–Crippen MR) is 37.1 cm³/mol. The topological polar surface area (TPSA) is 24.4 Å². The number of hydrogen-bond donors (Lipinski definition) is 1. The van der Waals surface area contributed by atoms with E-state index in [0.29, 0.717) is 6.04 Å². The molecular formula is C6H14N2. The molecule has 0 saturated heterocycles. The zero-order chi connectivity index (χ0) is 6.41. The van der Waals surface area contributed by atoms with Gasteiger partial charge < -0.3 is 5.43 Å². The van der Waals surface area contributed by atoms with Crippen molar-refractivity contribution < 1.29 is 0 Å². The summed E-state index contributed by atoms with van der Waals surface area (Å²) in [5.41, 5.74) is 2.92. The van der Waals surface area contributed by atoms with Gasteiger partial charge in [0.1, 0.15) is 0 Å². The van der Waals surface area contributed by atoms with Gasteiger partial charge >= 0.3 is 0 Å². The summed E-state index contributed by atoms with van der Waals surface area (Å²) in [4.78, 5) is 0. The molecular weight excluding hydrogens is 100 g/mol. The molecule has 0 aliphatic rings. The van der Waals surface area contributed by atoms with Gasteiger partial charge in [0, 0.05) is 12.3 Å². The van der Waals surface area contributed by atoms with E-state index < -0.39 is 0 Å². The second-order valence-corrected chi connectivity index (χ2v) is 2.00. The van der Waals surface area contributed by atoms with E-state index in [0.717, 1.165) is 6.42 Å². The minimum atomic E-state index is 0.456. The Kier molecular flexibility index (Phi) is 4.32. The van der Waals surface area contributed by atoms with Gasteiger partial charge in [-0.3, -0.25) is 0 Å². The zero-order valence-corrected chi connectivity index (χ0v) is 5.81. The number of hydrogen-bond acceptors (Lipinski definition) is 2. The van der Waals surface area contributed by atoms with Crippen molar-refractivity contribution in [2.45, 2.75) is 33.2 Å². The highest BCUT2D eigenvalue weighted by Gasteiger charge is 1.81. The Labute approximate surface area is 51.0 Å². The third-order valence-corrected chi connectivity index (χ3v) is 0.607. The maximum absolute atomic E-state index is 3.91. The molecule has 2 heteroatoms. The molecule has 0 amide bonds. The highest BCUT2D eigenvalue weighted by atomic mass is 15.3. The van der Waals surface area contributed by atoms with Crippen molar-refractivity contribution in [2.75, 3.05) is 0 Å². The molecule has 0 aromatic rings. The summed E-state index contributed by atoms with van der Waals surface area (Å²) in [5.74, 6) is 0. The van der Waals surface area contributed by atoms with E-state index in [1.54, 1.807) is 0 Å². The minimum absolute atomic E-state index is 0.456. The molecule has 0 fully saturated rings. The van der Waals surface area contributed by atoms with Crippen molar-refractivity contribution in [3.63, 3.8) is 0 Å². The van der Waals surface area contributed by atoms with Crippen molar-refractivity contribution in [3.05, 3.63) is 0 Å². The monoisotopic (exact) mass is 114 g/mol. The fourth-order valence-corrected chi connectivity index (χ4v) is 0.293. The van der Waals surface area contributed by atoms with Crippen LogP contribution in [0.4, 0.5) is 0 Å². The van der Waals surface area contributed by atoms with Crippen LogP contribution in [0.25, 0.3) is 0 Å². The van der Waals surface area contributed by atoms with Crippen molar-refractivity contribution in [3.8, 4) is 0 Å². The molecule has 0 aliphatic heterocycles. The van der Waals surface area contributed by atoms with Crippen LogP contribution in [-0.2, 0) is 0 Å². The van der Waals surface area contributed by atoms with E-state index >= 15 is 0 Å². The number of nitrogens with one attached hydrogen (secondary N) is 1. The first-order valence-electron chi connectivity index (χ1n) is 3.04. The maximum atomic E-state index is 3.91. The van der Waals surface area contributed by atoms with E-state index in [1.807, 2.05) is 6.21 Å². The van der Waals surface area contributed by atoms with Crippen LogP contribution in [0.5, 0.6) is 0 Å². The van der Waals surface area contributed by atoms with Crippen molar-refractivity contribution in [1.29, 1.82) is 0 Å². The largest absolute Gasteiger partial charge is 0.308 e. The van der Waals surface area contributed by atoms with Gasteiger partial charge in [-0.15, -0.1) is 0 Å². The van der Waals surface area contributed by atoms with Crippen molar-refractivity contribution >= 4 is 6.21 Å². The highest BCUT2D eigenvalue weighted by molar-refractivity contribution is 5.55. The van der Waals surface area contributed by atoms with Crippen LogP contribution in [-0.4, -0.2) is 12.3 Å². The molecule has 0 aliphatic carbocycles. The molecule has 0 aromatic heterocycles. The van der Waals surface area contributed by atoms with Crippen LogP contribution >= 0.6 is 0 Å². The molecule has 8 heavy (non-hydrogen) atoms. The van der Waals surface area contributed by atoms with E-state index in [-0.39, 0.29) is 0 Å². The fraction of sp³-hybridized carbons (Fsp3) is 0.833. The second-order valence-electron chi connectivity index (χ2n) is 2.00. The van der Waals surface area contributed by atoms with Crippen LogP contribution in [0.1, 0.15) is 27.2 Å². The van der Waals surface area contributed by atoms with Crippen LogP contribution in [0.15, 0.2) is 5.10 Å². The summed E-state index contributed by atoms with van der Waals surface area (Å²) in [6.45, 7) is 6.19. The quantitative estimate of drug-likeness (QED) is 0.435. The highest BCUT2D eigenvalue weighted by Crippen LogP contribution is 1.74. The van der Waals surface area contributed by atoms with Gasteiger partial charge in [0.05, 0.1) is 0 Å². The van der Waals surface area contributed by atoms with Gasteiger partial charge in [0.15, 0.2) is 0 Å². The lowest BCUT2D eigenvalue weighted by molar-refractivity contribution is 0.621. The fourth-order valence-electron chi connectivity index (χ4n) is 0.293. The number of rotatable bonds is 3. The third-order valence-electron chi connectivity index (χ3n) is 0.607. The molecule has 0 unspecified atom stereocenters. The van der Waals surface area contributed by atoms with Gasteiger partial charge in [0.25, 0.3) is 0 Å². The van der Waals surface area contributed by atoms with Crippen LogP contribution in [0, 0.1) is 0 Å². The maximum Gasteiger partial charge on any atom is 0.0383 e. The Morgan fingerprint density at radius 3 is 2.62 bits per heavy atom. The first-order valence-corrected chi connectivity index (χ1v) is 3.04. The first kappa shape index (κ1) is 7.47. The summed E-state index contributed by atoms with van der Waals surface area (Å²) in [6.07, 6.45) is 2.86. The lowest BCUT2D eigenvalue weighted by Crippen LogP contribution is -2.15. The van der Waals surface area contributed by atoms with Gasteiger partial charge in [-0.25, -0.2) is 0 Å². The Balaban J connectivity index is 3.03. The summed E-state index contributed by atoms with van der Waals surface area (Å²) in [6, 6.07) is 0.456. The van der Waals surface area contributed by atoms with Crippen molar-refractivity contribution in [2.24, 2.45) is 5.10 Å². The molecule has 0 rings (SSSR count). The summed E-state index contributed by atoms with van der Waals surface area (Å²) in [7, 11) is 0. The number of hydrazone groups is 1. The average molecular weight is 114 g/mol. The first-order chi connectivity index (χ1) is 3.77. The zero-order valence-electron chi connectivity index (χ0n) is 5.81. The molecule has 0 atom stereocenters. The van der Waals surface area contributed by atoms with E-state index in [4.69, 9.17) is 0 Å². The predicted octanol–water partition coefficient (Wildman–Crippen LogP) is 1.38. The van der Waals surface area contributed by atoms with Crippen LogP contribution in [0.3, 0.4) is 0 Å². The SMILES string of the molecule is CC/C=N/NC(C)C. The summed E-state index contributed by atoms with van der Waals surface area (Å²) < 4.78 is 0. The van der Waals surface area contributed by atoms with Crippen molar-refractivity contribution in [1.82, 2.24) is 5.43 Å². The summed E-state index contributed by atoms with van der Waals surface area (Å²) in [5, 5.41) is 3.91. The second kappa shape index (κ2) is 4.62. The normalized spacial score (nSPS) is 11.0. The van der Waals surface area contributed by atoms with E-state index in [1.165, 1.54) is 0 Å². The van der Waals surface area contributed by atoms with Crippen LogP contribution in [0.2, 0.25) is 0 Å². The molecule has 0 heterocycles. The molecule has 0 bridgehead atoms. The third kappa shape index (κ3) is 5.47. The molecule has 0 radical (unpaired) electrons. The molecule has 48 valence electrons. The Bertz CT molecular complexity index is 66.9. The minimum Gasteiger partial charge on any atom is -0.308 e. The Morgan fingerprint density at radius 2 is 2.25 bits per heavy atom. The standard InChI is InChI=1S/C6H14N2/c1-4-5-7-8-6(2)3/h5-6,8H,4H2,1-3H3/b7-5+. The average Bonchev–Trinajstić information content (AvgIpc) is 1.66. The van der Waals surface area contributed by atoms with E-state index in [2.05, 4.69) is 31.3 Å². The Hall–Kier alpha value is -0.530. The van der Waals surface area contributed by atoms with Gasteiger partial charge in [-0.05, 0) is 20.3 Å². The lowest BCUT2D eigenvalue weighted by atomic mass is 10.4. The molecule has 0 saturated carbocycles. The van der Waals surface area contributed by atoms with Crippen LogP contribution < -0.4 is 5.43 Å². The summed E-state index contributed by atoms with van der Waals surface area (Å²) >= 11 is 0. The van der Waals surface area contributed by atoms with E-state index in [9.17, 15) is 0 Å². The molecule has 0 aromatic carbocycles. The smallest absolute Gasteiger partial charge is 0.0383 e. The molecule has 1 N–H and O–H groups in total. The Morgan fingerprint density at radius 1 is 1.62 bits per heavy atom. The molecule has 2 nitrogen and oxygen atoms in total.